The van der Waals surface area contributed by atoms with Crippen LogP contribution >= 0.6 is 0 Å². The molecule has 0 radical (unpaired) electrons. The van der Waals surface area contributed by atoms with Crippen molar-refractivity contribution in [2.45, 2.75) is 96.8 Å². The Bertz CT molecular complexity index is 120. The fraction of sp³-hybridized carbons (Fsp3) is 1.00. The van der Waals surface area contributed by atoms with E-state index < -0.39 is 0 Å². The minimum Gasteiger partial charge on any atom is -1.00 e. The molecule has 0 heterocycles. The first kappa shape index (κ1) is 21.9. The molecule has 0 aliphatic carbocycles. The molecule has 18 heavy (non-hydrogen) atoms. The summed E-state index contributed by atoms with van der Waals surface area (Å²) in [5.74, 6) is 0. The van der Waals surface area contributed by atoms with Crippen LogP contribution in [-0.4, -0.2) is 6.67 Å². The van der Waals surface area contributed by atoms with E-state index in [9.17, 15) is 4.39 Å². The minimum atomic E-state index is -0.127. The number of rotatable bonds is 14. The van der Waals surface area contributed by atoms with Gasteiger partial charge in [0.25, 0.3) is 0 Å². The molecule has 0 unspecified atom stereocenters. The number of halogens is 1. The predicted octanol–water partition coefficient (Wildman–Crippen LogP) is 3.55. The number of alkyl halides is 1. The zero-order valence-electron chi connectivity index (χ0n) is 14.0. The molecule has 0 spiro atoms. The Labute approximate surface area is 159 Å². The van der Waals surface area contributed by atoms with Crippen molar-refractivity contribution in [2.75, 3.05) is 6.67 Å². The van der Waals surface area contributed by atoms with E-state index in [1.54, 1.807) is 0 Å². The second kappa shape index (κ2) is 20.9. The zero-order chi connectivity index (χ0) is 12.6. The molecule has 0 nitrogen and oxygen atoms in total. The Morgan fingerprint density at radius 1 is 0.556 bits per heavy atom. The van der Waals surface area contributed by atoms with Gasteiger partial charge in [0.05, 0.1) is 6.67 Å². The molecular formula is C16H34FK. The third-order valence-electron chi connectivity index (χ3n) is 3.49. The molecule has 0 aliphatic heterocycles. The van der Waals surface area contributed by atoms with Gasteiger partial charge in [-0.3, -0.25) is 4.39 Å². The summed E-state index contributed by atoms with van der Waals surface area (Å²) in [5, 5.41) is 0. The van der Waals surface area contributed by atoms with E-state index in [1.807, 2.05) is 0 Å². The van der Waals surface area contributed by atoms with Crippen LogP contribution in [0.4, 0.5) is 4.39 Å². The fourth-order valence-electron chi connectivity index (χ4n) is 2.29. The molecule has 0 fully saturated rings. The van der Waals surface area contributed by atoms with Crippen LogP contribution in [0, 0.1) is 0 Å². The van der Waals surface area contributed by atoms with E-state index in [0.29, 0.717) is 0 Å². The number of hydrogen-bond acceptors (Lipinski definition) is 0. The first-order valence-corrected chi connectivity index (χ1v) is 7.97. The minimum absolute atomic E-state index is 0. The topological polar surface area (TPSA) is 0 Å². The van der Waals surface area contributed by atoms with Gasteiger partial charge in [0.1, 0.15) is 0 Å². The maximum absolute atomic E-state index is 11.8. The van der Waals surface area contributed by atoms with Gasteiger partial charge in [0.2, 0.25) is 0 Å². The van der Waals surface area contributed by atoms with Crippen LogP contribution in [0.1, 0.15) is 98.2 Å². The Kier molecular flexibility index (Phi) is 25.3. The second-order valence-corrected chi connectivity index (χ2v) is 5.29. The largest absolute Gasteiger partial charge is 1.00 e. The quantitative estimate of drug-likeness (QED) is 0.338. The summed E-state index contributed by atoms with van der Waals surface area (Å²) < 4.78 is 11.8. The summed E-state index contributed by atoms with van der Waals surface area (Å²) in [6.07, 6.45) is 18.5. The molecule has 0 aromatic carbocycles. The Morgan fingerprint density at radius 2 is 0.833 bits per heavy atom. The third kappa shape index (κ3) is 19.9. The van der Waals surface area contributed by atoms with Crippen LogP contribution in [0.5, 0.6) is 0 Å². The molecule has 0 rings (SSSR count). The van der Waals surface area contributed by atoms with Gasteiger partial charge >= 0.3 is 51.4 Å². The van der Waals surface area contributed by atoms with E-state index in [2.05, 4.69) is 6.92 Å². The van der Waals surface area contributed by atoms with Gasteiger partial charge in [-0.2, -0.15) is 0 Å². The molecular weight excluding hydrogens is 250 g/mol. The maximum Gasteiger partial charge on any atom is 1.00 e. The van der Waals surface area contributed by atoms with Crippen molar-refractivity contribution in [3.63, 3.8) is 0 Å². The molecule has 0 aliphatic rings. The van der Waals surface area contributed by atoms with Crippen LogP contribution in [0.3, 0.4) is 0 Å². The van der Waals surface area contributed by atoms with E-state index in [1.165, 1.54) is 77.0 Å². The van der Waals surface area contributed by atoms with E-state index in [-0.39, 0.29) is 59.5 Å². The van der Waals surface area contributed by atoms with Gasteiger partial charge in [-0.05, 0) is 6.42 Å². The normalized spacial score (nSPS) is 10.3. The smallest absolute Gasteiger partial charge is 1.00 e. The molecule has 0 saturated carbocycles. The van der Waals surface area contributed by atoms with Gasteiger partial charge in [0.15, 0.2) is 0 Å². The molecule has 0 aromatic heterocycles. The standard InChI is InChI=1S/C16H33F.K.H/c1-2-3-4-5-6-7-8-9-10-11-12-13-14-15-16-17;;/h2-16H2,1H3;;/q;+1;-1. The molecule has 0 N–H and O–H groups in total. The molecule has 0 aromatic rings. The van der Waals surface area contributed by atoms with Gasteiger partial charge < -0.3 is 1.43 Å². The molecule has 0 amide bonds. The van der Waals surface area contributed by atoms with Crippen molar-refractivity contribution in [3.8, 4) is 0 Å². The SMILES string of the molecule is CCCCCCCCCCCCCCCCF.[H-].[K+]. The Balaban J connectivity index is -0.00000128. The summed E-state index contributed by atoms with van der Waals surface area (Å²) in [4.78, 5) is 0. The fourth-order valence-corrected chi connectivity index (χ4v) is 2.29. The summed E-state index contributed by atoms with van der Waals surface area (Å²) in [7, 11) is 0. The van der Waals surface area contributed by atoms with E-state index in [4.69, 9.17) is 0 Å². The van der Waals surface area contributed by atoms with Crippen molar-refractivity contribution >= 4 is 0 Å². The average Bonchev–Trinajstić information content (AvgIpc) is 2.35. The third-order valence-corrected chi connectivity index (χ3v) is 3.49. The van der Waals surface area contributed by atoms with Crippen molar-refractivity contribution in [1.29, 1.82) is 0 Å². The van der Waals surface area contributed by atoms with Crippen LogP contribution in [0.2, 0.25) is 0 Å². The van der Waals surface area contributed by atoms with Gasteiger partial charge in [-0.25, -0.2) is 0 Å². The molecule has 106 valence electrons. The van der Waals surface area contributed by atoms with Crippen LogP contribution in [0.15, 0.2) is 0 Å². The Morgan fingerprint density at radius 3 is 1.11 bits per heavy atom. The first-order valence-electron chi connectivity index (χ1n) is 7.97. The monoisotopic (exact) mass is 284 g/mol. The summed E-state index contributed by atoms with van der Waals surface area (Å²) in [6.45, 7) is 2.14. The van der Waals surface area contributed by atoms with Gasteiger partial charge in [-0.15, -0.1) is 0 Å². The number of hydrogen-bond donors (Lipinski definition) is 0. The van der Waals surface area contributed by atoms with Gasteiger partial charge in [0, 0.05) is 0 Å². The molecule has 2 heteroatoms. The first-order chi connectivity index (χ1) is 8.41. The average molecular weight is 285 g/mol. The van der Waals surface area contributed by atoms with Gasteiger partial charge in [-0.1, -0.05) is 90.4 Å². The maximum atomic E-state index is 11.8. The van der Waals surface area contributed by atoms with E-state index >= 15 is 0 Å². The molecule has 0 saturated heterocycles. The van der Waals surface area contributed by atoms with Crippen molar-refractivity contribution in [3.05, 3.63) is 0 Å². The summed E-state index contributed by atoms with van der Waals surface area (Å²) in [5.41, 5.74) is 0. The van der Waals surface area contributed by atoms with Crippen molar-refractivity contribution in [1.82, 2.24) is 0 Å². The molecule has 0 atom stereocenters. The van der Waals surface area contributed by atoms with Crippen LogP contribution < -0.4 is 51.4 Å². The zero-order valence-corrected chi connectivity index (χ0v) is 16.1. The van der Waals surface area contributed by atoms with Crippen molar-refractivity contribution < 1.29 is 57.2 Å². The Hall–Kier alpha value is 1.57. The van der Waals surface area contributed by atoms with Crippen LogP contribution in [0.25, 0.3) is 0 Å². The molecule has 0 bridgehead atoms. The van der Waals surface area contributed by atoms with Crippen LogP contribution in [-0.2, 0) is 0 Å². The summed E-state index contributed by atoms with van der Waals surface area (Å²) >= 11 is 0. The summed E-state index contributed by atoms with van der Waals surface area (Å²) in [6, 6.07) is 0. The van der Waals surface area contributed by atoms with Crippen molar-refractivity contribution in [2.24, 2.45) is 0 Å². The predicted molar refractivity (Wildman–Crippen MR) is 77.4 cm³/mol. The second-order valence-electron chi connectivity index (χ2n) is 5.29. The number of unbranched alkanes of at least 4 members (excludes halogenated alkanes) is 13. The van der Waals surface area contributed by atoms with E-state index in [0.717, 1.165) is 12.8 Å².